The summed E-state index contributed by atoms with van der Waals surface area (Å²) < 4.78 is 18.4. The van der Waals surface area contributed by atoms with Gasteiger partial charge in [-0.05, 0) is 88.4 Å². The first-order chi connectivity index (χ1) is 12.3. The van der Waals surface area contributed by atoms with Crippen molar-refractivity contribution in [1.82, 2.24) is 0 Å². The monoisotopic (exact) mass is 355 g/mol. The van der Waals surface area contributed by atoms with E-state index in [-0.39, 0.29) is 5.60 Å². The largest absolute Gasteiger partial charge is 0.493 e. The molecule has 0 spiro atoms. The van der Waals surface area contributed by atoms with Gasteiger partial charge in [-0.2, -0.15) is 0 Å². The number of ether oxygens (including phenoxy) is 3. The average molecular weight is 355 g/mol. The SMILES string of the molecule is CCOc1c(C)c(C)c2c(c1C)CCC(C)(COc1ccc(N)cc1)O2. The molecule has 0 saturated carbocycles. The highest BCUT2D eigenvalue weighted by Crippen LogP contribution is 2.43. The molecule has 1 atom stereocenters. The van der Waals surface area contributed by atoms with E-state index in [0.29, 0.717) is 13.2 Å². The Morgan fingerprint density at radius 1 is 1.04 bits per heavy atom. The van der Waals surface area contributed by atoms with E-state index in [0.717, 1.165) is 46.9 Å². The third-order valence-corrected chi connectivity index (χ3v) is 5.28. The highest BCUT2D eigenvalue weighted by atomic mass is 16.5. The Morgan fingerprint density at radius 3 is 2.38 bits per heavy atom. The van der Waals surface area contributed by atoms with E-state index < -0.39 is 0 Å². The summed E-state index contributed by atoms with van der Waals surface area (Å²) in [5, 5.41) is 0. The highest BCUT2D eigenvalue weighted by molar-refractivity contribution is 5.59. The highest BCUT2D eigenvalue weighted by Gasteiger charge is 2.35. The molecule has 4 heteroatoms. The fraction of sp³-hybridized carbons (Fsp3) is 0.455. The Hall–Kier alpha value is -2.36. The Bertz CT molecular complexity index is 798. The zero-order valence-corrected chi connectivity index (χ0v) is 16.4. The van der Waals surface area contributed by atoms with Crippen LogP contribution >= 0.6 is 0 Å². The minimum Gasteiger partial charge on any atom is -0.493 e. The second kappa shape index (κ2) is 7.10. The first-order valence-electron chi connectivity index (χ1n) is 9.27. The first kappa shape index (κ1) is 18.4. The number of hydrogen-bond acceptors (Lipinski definition) is 4. The first-order valence-corrected chi connectivity index (χ1v) is 9.27. The molecule has 3 rings (SSSR count). The molecule has 1 unspecified atom stereocenters. The van der Waals surface area contributed by atoms with Crippen molar-refractivity contribution in [2.45, 2.75) is 53.1 Å². The molecule has 0 amide bonds. The molecule has 0 aromatic heterocycles. The van der Waals surface area contributed by atoms with E-state index in [9.17, 15) is 0 Å². The van der Waals surface area contributed by atoms with E-state index in [1.807, 2.05) is 31.2 Å². The molecule has 0 fully saturated rings. The van der Waals surface area contributed by atoms with Crippen molar-refractivity contribution in [1.29, 1.82) is 0 Å². The van der Waals surface area contributed by atoms with E-state index in [2.05, 4.69) is 27.7 Å². The summed E-state index contributed by atoms with van der Waals surface area (Å²) >= 11 is 0. The topological polar surface area (TPSA) is 53.7 Å². The predicted octanol–water partition coefficient (Wildman–Crippen LogP) is 4.76. The maximum absolute atomic E-state index is 6.49. The number of hydrogen-bond donors (Lipinski definition) is 1. The third kappa shape index (κ3) is 3.46. The number of benzene rings is 2. The van der Waals surface area contributed by atoms with Crippen molar-refractivity contribution >= 4 is 5.69 Å². The van der Waals surface area contributed by atoms with Crippen LogP contribution in [-0.2, 0) is 6.42 Å². The van der Waals surface area contributed by atoms with Gasteiger partial charge in [0, 0.05) is 11.3 Å². The third-order valence-electron chi connectivity index (χ3n) is 5.28. The van der Waals surface area contributed by atoms with Crippen molar-refractivity contribution in [2.24, 2.45) is 0 Å². The van der Waals surface area contributed by atoms with Crippen LogP contribution in [-0.4, -0.2) is 18.8 Å². The van der Waals surface area contributed by atoms with Crippen molar-refractivity contribution < 1.29 is 14.2 Å². The Balaban J connectivity index is 1.83. The van der Waals surface area contributed by atoms with Gasteiger partial charge in [0.05, 0.1) is 6.61 Å². The van der Waals surface area contributed by atoms with Gasteiger partial charge in [0.1, 0.15) is 29.5 Å². The molecule has 1 heterocycles. The van der Waals surface area contributed by atoms with Crippen LogP contribution in [0.25, 0.3) is 0 Å². The molecular weight excluding hydrogens is 326 g/mol. The molecule has 0 bridgehead atoms. The molecule has 2 N–H and O–H groups in total. The van der Waals surface area contributed by atoms with Crippen LogP contribution in [0, 0.1) is 20.8 Å². The van der Waals surface area contributed by atoms with Crippen molar-refractivity contribution in [3.8, 4) is 17.2 Å². The molecule has 2 aromatic carbocycles. The zero-order chi connectivity index (χ0) is 18.9. The van der Waals surface area contributed by atoms with Crippen LogP contribution in [0.4, 0.5) is 5.69 Å². The second-order valence-corrected chi connectivity index (χ2v) is 7.35. The summed E-state index contributed by atoms with van der Waals surface area (Å²) in [4.78, 5) is 0. The molecule has 26 heavy (non-hydrogen) atoms. The van der Waals surface area contributed by atoms with Crippen LogP contribution in [0.2, 0.25) is 0 Å². The van der Waals surface area contributed by atoms with Gasteiger partial charge < -0.3 is 19.9 Å². The average Bonchev–Trinajstić information content (AvgIpc) is 2.63. The number of nitrogen functional groups attached to an aromatic ring is 1. The van der Waals surface area contributed by atoms with Gasteiger partial charge in [-0.15, -0.1) is 0 Å². The molecular formula is C22H29NO3. The van der Waals surface area contributed by atoms with E-state index >= 15 is 0 Å². The van der Waals surface area contributed by atoms with Gasteiger partial charge in [-0.25, -0.2) is 0 Å². The quantitative estimate of drug-likeness (QED) is 0.786. The predicted molar refractivity (Wildman–Crippen MR) is 106 cm³/mol. The Morgan fingerprint density at radius 2 is 1.73 bits per heavy atom. The van der Waals surface area contributed by atoms with Crippen LogP contribution in [0.3, 0.4) is 0 Å². The van der Waals surface area contributed by atoms with Crippen molar-refractivity contribution in [3.63, 3.8) is 0 Å². The van der Waals surface area contributed by atoms with Crippen molar-refractivity contribution in [2.75, 3.05) is 18.9 Å². The minimum absolute atomic E-state index is 0.356. The smallest absolute Gasteiger partial charge is 0.140 e. The molecule has 1 aliphatic heterocycles. The molecule has 0 aliphatic carbocycles. The molecule has 0 saturated heterocycles. The lowest BCUT2D eigenvalue weighted by Crippen LogP contribution is -2.42. The van der Waals surface area contributed by atoms with Gasteiger partial charge in [-0.1, -0.05) is 0 Å². The fourth-order valence-electron chi connectivity index (χ4n) is 3.54. The number of fused-ring (bicyclic) bond motifs is 1. The Kier molecular flexibility index (Phi) is 5.03. The lowest BCUT2D eigenvalue weighted by Gasteiger charge is -2.38. The van der Waals surface area contributed by atoms with Crippen LogP contribution in [0.15, 0.2) is 24.3 Å². The van der Waals surface area contributed by atoms with Crippen LogP contribution < -0.4 is 19.9 Å². The normalized spacial score (nSPS) is 18.8. The van der Waals surface area contributed by atoms with Crippen molar-refractivity contribution in [3.05, 3.63) is 46.5 Å². The minimum atomic E-state index is -0.356. The molecule has 1 aliphatic rings. The molecule has 2 aromatic rings. The van der Waals surface area contributed by atoms with Gasteiger partial charge in [0.2, 0.25) is 0 Å². The number of rotatable bonds is 5. The van der Waals surface area contributed by atoms with E-state index in [1.54, 1.807) is 0 Å². The van der Waals surface area contributed by atoms with E-state index in [4.69, 9.17) is 19.9 Å². The van der Waals surface area contributed by atoms with Gasteiger partial charge in [-0.3, -0.25) is 0 Å². The summed E-state index contributed by atoms with van der Waals surface area (Å²) in [5.74, 6) is 2.82. The standard InChI is InChI=1S/C22H29NO3/c1-6-24-20-14(2)15(3)21-19(16(20)4)11-12-22(5,26-21)13-25-18-9-7-17(23)8-10-18/h7-10H,6,11-13,23H2,1-5H3. The maximum Gasteiger partial charge on any atom is 0.140 e. The van der Waals surface area contributed by atoms with Gasteiger partial charge in [0.25, 0.3) is 0 Å². The Labute approximate surface area is 156 Å². The maximum atomic E-state index is 6.49. The molecule has 4 nitrogen and oxygen atoms in total. The summed E-state index contributed by atoms with van der Waals surface area (Å²) in [5.41, 5.74) is 10.9. The molecule has 0 radical (unpaired) electrons. The van der Waals surface area contributed by atoms with E-state index in [1.165, 1.54) is 11.1 Å². The summed E-state index contributed by atoms with van der Waals surface area (Å²) in [6.45, 7) is 11.7. The summed E-state index contributed by atoms with van der Waals surface area (Å²) in [7, 11) is 0. The second-order valence-electron chi connectivity index (χ2n) is 7.35. The molecule has 140 valence electrons. The fourth-order valence-corrected chi connectivity index (χ4v) is 3.54. The van der Waals surface area contributed by atoms with Crippen LogP contribution in [0.1, 0.15) is 42.5 Å². The summed E-state index contributed by atoms with van der Waals surface area (Å²) in [6.07, 6.45) is 1.87. The zero-order valence-electron chi connectivity index (χ0n) is 16.4. The summed E-state index contributed by atoms with van der Waals surface area (Å²) in [6, 6.07) is 7.48. The number of nitrogens with two attached hydrogens (primary N) is 1. The van der Waals surface area contributed by atoms with Gasteiger partial charge in [0.15, 0.2) is 0 Å². The lowest BCUT2D eigenvalue weighted by molar-refractivity contribution is 0.0166. The van der Waals surface area contributed by atoms with Gasteiger partial charge >= 0.3 is 0 Å². The lowest BCUT2D eigenvalue weighted by atomic mass is 9.87. The number of anilines is 1. The van der Waals surface area contributed by atoms with Crippen LogP contribution in [0.5, 0.6) is 17.2 Å².